The maximum Gasteiger partial charge on any atom is 0.306 e. The molecule has 10 heteroatoms. The number of hydrogen-bond acceptors (Lipinski definition) is 8. The maximum absolute atomic E-state index is 12.8. The number of allylic oxidation sites excluding steroid dienone is 16. The van der Waals surface area contributed by atoms with Gasteiger partial charge < -0.3 is 27.9 Å². The predicted octanol–water partition coefficient (Wildman–Crippen LogP) is 21.7. The Hall–Kier alpha value is -3.07. The lowest BCUT2D eigenvalue weighted by molar-refractivity contribution is -0.870. The first kappa shape index (κ1) is 79.9. The molecule has 0 spiro atoms. The van der Waals surface area contributed by atoms with Crippen LogP contribution in [0.2, 0.25) is 0 Å². The van der Waals surface area contributed by atoms with Crippen LogP contribution in [-0.2, 0) is 32.7 Å². The molecule has 0 aromatic rings. The van der Waals surface area contributed by atoms with E-state index in [2.05, 4.69) is 111 Å². The lowest BCUT2D eigenvalue weighted by Crippen LogP contribution is -2.37. The van der Waals surface area contributed by atoms with Crippen molar-refractivity contribution in [3.8, 4) is 0 Å². The molecule has 83 heavy (non-hydrogen) atoms. The van der Waals surface area contributed by atoms with Gasteiger partial charge >= 0.3 is 11.9 Å². The highest BCUT2D eigenvalue weighted by Gasteiger charge is 2.22. The van der Waals surface area contributed by atoms with Crippen molar-refractivity contribution in [2.24, 2.45) is 0 Å². The van der Waals surface area contributed by atoms with Crippen LogP contribution in [0.15, 0.2) is 97.2 Å². The van der Waals surface area contributed by atoms with E-state index in [0.717, 1.165) is 89.9 Å². The third-order valence-corrected chi connectivity index (χ3v) is 15.8. The first-order chi connectivity index (χ1) is 40.5. The van der Waals surface area contributed by atoms with Crippen LogP contribution in [0.25, 0.3) is 0 Å². The molecular formula is C73H130NO8P. The van der Waals surface area contributed by atoms with Crippen molar-refractivity contribution in [1.29, 1.82) is 0 Å². The second-order valence-corrected chi connectivity index (χ2v) is 25.6. The Labute approximate surface area is 513 Å². The van der Waals surface area contributed by atoms with Crippen molar-refractivity contribution in [1.82, 2.24) is 0 Å². The molecule has 0 amide bonds. The standard InChI is InChI=1S/C73H130NO8P/c1-6-8-10-12-14-16-18-20-22-24-26-27-28-29-30-31-32-33-34-35-36-37-38-39-40-41-42-43-44-45-46-47-48-50-52-54-56-58-60-62-64-66-73(76)82-71(70-81-83(77,78)80-68-67-74(3,4)5)69-79-72(75)65-63-61-59-57-55-53-51-49-25-23-21-19-17-15-13-11-9-7-2/h8,10,14,16,20,22,26-27,29-30,32-33,35-36,38-39,71H,6-7,9,11-13,15,17-19,21,23-25,28,31,34,37,40-70H2,1-5H3/b10-8-,16-14-,22-20-,27-26-,30-29-,33-32-,36-35-,39-38-. The zero-order valence-corrected chi connectivity index (χ0v) is 55.5. The minimum Gasteiger partial charge on any atom is -0.756 e. The molecule has 0 aromatic carbocycles. The molecular weight excluding hydrogens is 1050 g/mol. The summed E-state index contributed by atoms with van der Waals surface area (Å²) in [7, 11) is 1.17. The van der Waals surface area contributed by atoms with Crippen molar-refractivity contribution in [2.45, 2.75) is 309 Å². The van der Waals surface area contributed by atoms with Crippen LogP contribution >= 0.6 is 7.82 Å². The number of likely N-dealkylation sites (N-methyl/N-ethyl adjacent to an activating group) is 1. The molecule has 480 valence electrons. The number of phosphoric acid groups is 1. The van der Waals surface area contributed by atoms with Gasteiger partial charge in [0.1, 0.15) is 19.8 Å². The number of hydrogen-bond donors (Lipinski definition) is 0. The number of nitrogens with zero attached hydrogens (tertiary/aromatic N) is 1. The van der Waals surface area contributed by atoms with Crippen molar-refractivity contribution < 1.29 is 42.1 Å². The number of ether oxygens (including phenoxy) is 2. The third-order valence-electron chi connectivity index (χ3n) is 14.9. The van der Waals surface area contributed by atoms with Crippen molar-refractivity contribution in [3.05, 3.63) is 97.2 Å². The van der Waals surface area contributed by atoms with Crippen molar-refractivity contribution in [2.75, 3.05) is 47.5 Å². The van der Waals surface area contributed by atoms with Gasteiger partial charge in [-0.25, -0.2) is 0 Å². The molecule has 0 aromatic heterocycles. The third kappa shape index (κ3) is 67.9. The van der Waals surface area contributed by atoms with Crippen LogP contribution in [0.3, 0.4) is 0 Å². The SMILES string of the molecule is CC/C=C\C/C=C\C/C=C\C/C=C\C/C=C\C/C=C\C/C=C\C/C=C\CCCCCCCCCCCCCCCCCCC(=O)OC(COC(=O)CCCCCCCCCCCCCCCCCCCC)COP(=O)([O-])OCC[N+](C)(C)C. The molecule has 2 atom stereocenters. The van der Waals surface area contributed by atoms with Crippen LogP contribution in [0, 0.1) is 0 Å². The average molecular weight is 1180 g/mol. The smallest absolute Gasteiger partial charge is 0.306 e. The second-order valence-electron chi connectivity index (χ2n) is 24.2. The van der Waals surface area contributed by atoms with E-state index in [1.165, 1.54) is 180 Å². The van der Waals surface area contributed by atoms with E-state index < -0.39 is 26.5 Å². The molecule has 0 rings (SSSR count). The number of carbonyl (C=O) groups excluding carboxylic acids is 2. The molecule has 0 aliphatic carbocycles. The molecule has 2 unspecified atom stereocenters. The molecule has 0 aliphatic rings. The Morgan fingerprint density at radius 3 is 1.02 bits per heavy atom. The summed E-state index contributed by atoms with van der Waals surface area (Å²) in [5.41, 5.74) is 0. The molecule has 0 heterocycles. The van der Waals surface area contributed by atoms with Gasteiger partial charge in [0.2, 0.25) is 0 Å². The predicted molar refractivity (Wildman–Crippen MR) is 355 cm³/mol. The van der Waals surface area contributed by atoms with E-state index in [1.807, 2.05) is 21.1 Å². The largest absolute Gasteiger partial charge is 0.756 e. The highest BCUT2D eigenvalue weighted by Crippen LogP contribution is 2.38. The second kappa shape index (κ2) is 63.4. The topological polar surface area (TPSA) is 111 Å². The maximum atomic E-state index is 12.8. The first-order valence-corrected chi connectivity index (χ1v) is 35.9. The average Bonchev–Trinajstić information content (AvgIpc) is 3.48. The zero-order chi connectivity index (χ0) is 60.5. The highest BCUT2D eigenvalue weighted by atomic mass is 31.2. The zero-order valence-electron chi connectivity index (χ0n) is 54.6. The monoisotopic (exact) mass is 1180 g/mol. The summed E-state index contributed by atoms with van der Waals surface area (Å²) in [6.07, 6.45) is 87.7. The van der Waals surface area contributed by atoms with Gasteiger partial charge in [-0.3, -0.25) is 14.2 Å². The van der Waals surface area contributed by atoms with Gasteiger partial charge in [0.05, 0.1) is 27.7 Å². The lowest BCUT2D eigenvalue weighted by Gasteiger charge is -2.28. The summed E-state index contributed by atoms with van der Waals surface area (Å²) in [4.78, 5) is 38.0. The summed E-state index contributed by atoms with van der Waals surface area (Å²) >= 11 is 0. The summed E-state index contributed by atoms with van der Waals surface area (Å²) in [6, 6.07) is 0. The summed E-state index contributed by atoms with van der Waals surface area (Å²) in [6.45, 7) is 4.16. The fourth-order valence-electron chi connectivity index (χ4n) is 9.62. The van der Waals surface area contributed by atoms with E-state index in [4.69, 9.17) is 18.5 Å². The molecule has 0 aliphatic heterocycles. The van der Waals surface area contributed by atoms with E-state index in [1.54, 1.807) is 0 Å². The summed E-state index contributed by atoms with van der Waals surface area (Å²) in [5.74, 6) is -0.821. The number of unbranched alkanes of at least 4 members (excludes halogenated alkanes) is 33. The molecule has 0 radical (unpaired) electrons. The van der Waals surface area contributed by atoms with Crippen LogP contribution in [0.1, 0.15) is 303 Å². The molecule has 0 fully saturated rings. The van der Waals surface area contributed by atoms with E-state index in [9.17, 15) is 19.0 Å². The molecule has 0 saturated carbocycles. The summed E-state index contributed by atoms with van der Waals surface area (Å²) in [5, 5.41) is 0. The fourth-order valence-corrected chi connectivity index (χ4v) is 10.3. The van der Waals surface area contributed by atoms with E-state index >= 15 is 0 Å². The summed E-state index contributed by atoms with van der Waals surface area (Å²) < 4.78 is 34.3. The normalized spacial score (nSPS) is 13.8. The minimum absolute atomic E-state index is 0.0310. The van der Waals surface area contributed by atoms with Crippen LogP contribution in [-0.4, -0.2) is 70.0 Å². The quantitative estimate of drug-likeness (QED) is 0.0195. The molecule has 0 bridgehead atoms. The van der Waals surface area contributed by atoms with E-state index in [0.29, 0.717) is 17.4 Å². The van der Waals surface area contributed by atoms with Crippen LogP contribution in [0.4, 0.5) is 0 Å². The van der Waals surface area contributed by atoms with Gasteiger partial charge in [-0.15, -0.1) is 0 Å². The number of esters is 2. The van der Waals surface area contributed by atoms with E-state index in [-0.39, 0.29) is 32.0 Å². The Morgan fingerprint density at radius 1 is 0.386 bits per heavy atom. The number of quaternary nitrogens is 1. The van der Waals surface area contributed by atoms with Gasteiger partial charge in [-0.1, -0.05) is 310 Å². The molecule has 9 nitrogen and oxygen atoms in total. The Kier molecular flexibility index (Phi) is 61.1. The minimum atomic E-state index is -4.64. The number of rotatable bonds is 63. The fraction of sp³-hybridized carbons (Fsp3) is 0.753. The highest BCUT2D eigenvalue weighted by molar-refractivity contribution is 7.45. The van der Waals surface area contributed by atoms with Gasteiger partial charge in [0.15, 0.2) is 6.10 Å². The number of phosphoric ester groups is 1. The number of carbonyl (C=O) groups is 2. The van der Waals surface area contributed by atoms with Crippen LogP contribution in [0.5, 0.6) is 0 Å². The van der Waals surface area contributed by atoms with Gasteiger partial charge in [-0.2, -0.15) is 0 Å². The van der Waals surface area contributed by atoms with Crippen molar-refractivity contribution >= 4 is 19.8 Å². The lowest BCUT2D eigenvalue weighted by atomic mass is 10.0. The Morgan fingerprint density at radius 2 is 0.687 bits per heavy atom. The van der Waals surface area contributed by atoms with Gasteiger partial charge in [0.25, 0.3) is 7.82 Å². The Bertz CT molecular complexity index is 1720. The van der Waals surface area contributed by atoms with Crippen molar-refractivity contribution in [3.63, 3.8) is 0 Å². The van der Waals surface area contributed by atoms with Crippen LogP contribution < -0.4 is 4.89 Å². The Balaban J connectivity index is 3.98. The molecule has 0 saturated heterocycles. The van der Waals surface area contributed by atoms with Gasteiger partial charge in [0, 0.05) is 12.8 Å². The molecule has 0 N–H and O–H groups in total. The van der Waals surface area contributed by atoms with Gasteiger partial charge in [-0.05, 0) is 77.0 Å². The first-order valence-electron chi connectivity index (χ1n) is 34.4.